The number of carbonyl (C=O) groups is 2. The van der Waals surface area contributed by atoms with Crippen LogP contribution < -0.4 is 15.4 Å². The lowest BCUT2D eigenvalue weighted by Crippen LogP contribution is -2.13. The summed E-state index contributed by atoms with van der Waals surface area (Å²) in [6.07, 6.45) is 3.49. The van der Waals surface area contributed by atoms with E-state index in [1.807, 2.05) is 30.3 Å². The van der Waals surface area contributed by atoms with Crippen molar-refractivity contribution in [3.8, 4) is 23.5 Å². The number of anilines is 2. The molecule has 1 fully saturated rings. The van der Waals surface area contributed by atoms with Crippen molar-refractivity contribution >= 4 is 29.0 Å². The number of nitrogens with zero attached hydrogens (tertiary/aromatic N) is 3. The van der Waals surface area contributed by atoms with E-state index in [0.717, 1.165) is 18.4 Å². The number of ether oxygens (including phenoxy) is 1. The molecule has 1 saturated carbocycles. The van der Waals surface area contributed by atoms with Crippen molar-refractivity contribution in [1.82, 2.24) is 14.6 Å². The van der Waals surface area contributed by atoms with E-state index in [9.17, 15) is 9.59 Å². The quantitative estimate of drug-likeness (QED) is 0.462. The van der Waals surface area contributed by atoms with Crippen molar-refractivity contribution in [3.05, 3.63) is 78.5 Å². The van der Waals surface area contributed by atoms with Crippen LogP contribution in [0.5, 0.6) is 11.6 Å². The van der Waals surface area contributed by atoms with E-state index in [1.54, 1.807) is 47.1 Å². The maximum Gasteiger partial charge on any atom is 0.300 e. The van der Waals surface area contributed by atoms with Crippen LogP contribution in [0, 0.1) is 17.8 Å². The number of benzene rings is 2. The molecule has 0 atom stereocenters. The third-order valence-corrected chi connectivity index (χ3v) is 4.90. The molecule has 0 spiro atoms. The van der Waals surface area contributed by atoms with E-state index < -0.39 is 5.91 Å². The summed E-state index contributed by atoms with van der Waals surface area (Å²) in [5.74, 6) is 6.35. The number of amides is 2. The van der Waals surface area contributed by atoms with E-state index in [-0.39, 0.29) is 11.8 Å². The molecule has 0 radical (unpaired) electrons. The molecule has 162 valence electrons. The molecule has 1 aliphatic rings. The summed E-state index contributed by atoms with van der Waals surface area (Å²) in [7, 11) is 0. The molecule has 1 aliphatic carbocycles. The van der Waals surface area contributed by atoms with Gasteiger partial charge in [-0.15, -0.1) is 5.10 Å². The molecule has 2 amide bonds. The van der Waals surface area contributed by atoms with Crippen LogP contribution in [0.15, 0.2) is 72.9 Å². The Morgan fingerprint density at radius 2 is 1.85 bits per heavy atom. The lowest BCUT2D eigenvalue weighted by atomic mass is 10.2. The zero-order valence-electron chi connectivity index (χ0n) is 17.5. The van der Waals surface area contributed by atoms with Crippen LogP contribution in [0.3, 0.4) is 0 Å². The first-order valence-corrected chi connectivity index (χ1v) is 10.5. The van der Waals surface area contributed by atoms with Crippen LogP contribution >= 0.6 is 0 Å². The predicted molar refractivity (Wildman–Crippen MR) is 123 cm³/mol. The maximum atomic E-state index is 12.1. The van der Waals surface area contributed by atoms with Gasteiger partial charge in [0.2, 0.25) is 11.8 Å². The molecular weight excluding hydrogens is 418 g/mol. The first kappa shape index (κ1) is 20.3. The average molecular weight is 437 g/mol. The summed E-state index contributed by atoms with van der Waals surface area (Å²) in [5, 5.41) is 9.92. The maximum absolute atomic E-state index is 12.1. The molecule has 2 heterocycles. The van der Waals surface area contributed by atoms with E-state index in [1.165, 1.54) is 0 Å². The second kappa shape index (κ2) is 8.85. The van der Waals surface area contributed by atoms with Gasteiger partial charge in [-0.1, -0.05) is 30.2 Å². The van der Waals surface area contributed by atoms with Crippen molar-refractivity contribution in [1.29, 1.82) is 0 Å². The summed E-state index contributed by atoms with van der Waals surface area (Å²) in [5.41, 5.74) is 1.90. The monoisotopic (exact) mass is 437 g/mol. The Balaban J connectivity index is 1.25. The minimum Gasteiger partial charge on any atom is -0.438 e. The van der Waals surface area contributed by atoms with Crippen molar-refractivity contribution in [2.75, 3.05) is 10.6 Å². The van der Waals surface area contributed by atoms with Gasteiger partial charge in [0.15, 0.2) is 11.5 Å². The Bertz CT molecular complexity index is 1400. The normalized spacial score (nSPS) is 12.5. The summed E-state index contributed by atoms with van der Waals surface area (Å²) in [6, 6.07) is 19.7. The largest absolute Gasteiger partial charge is 0.438 e. The van der Waals surface area contributed by atoms with E-state index in [2.05, 4.69) is 32.6 Å². The molecule has 8 nitrogen and oxygen atoms in total. The molecule has 4 aromatic rings. The molecule has 0 bridgehead atoms. The van der Waals surface area contributed by atoms with Gasteiger partial charge in [0.25, 0.3) is 0 Å². The van der Waals surface area contributed by atoms with Gasteiger partial charge in [-0.25, -0.2) is 9.50 Å². The minimum absolute atomic E-state index is 0.0119. The Labute approximate surface area is 189 Å². The third-order valence-electron chi connectivity index (χ3n) is 4.90. The molecule has 2 aromatic heterocycles. The topological polar surface area (TPSA) is 97.6 Å². The number of hydrogen-bond donors (Lipinski definition) is 2. The first-order valence-electron chi connectivity index (χ1n) is 10.5. The lowest BCUT2D eigenvalue weighted by Gasteiger charge is -2.07. The van der Waals surface area contributed by atoms with Crippen molar-refractivity contribution in [2.45, 2.75) is 12.8 Å². The Morgan fingerprint density at radius 1 is 1.00 bits per heavy atom. The van der Waals surface area contributed by atoms with Crippen LogP contribution in [-0.2, 0) is 9.59 Å². The molecule has 0 unspecified atom stereocenters. The van der Waals surface area contributed by atoms with Gasteiger partial charge in [0, 0.05) is 35.2 Å². The van der Waals surface area contributed by atoms with Crippen LogP contribution in [0.25, 0.3) is 5.65 Å². The van der Waals surface area contributed by atoms with E-state index in [4.69, 9.17) is 4.74 Å². The van der Waals surface area contributed by atoms with Crippen molar-refractivity contribution in [2.24, 2.45) is 5.92 Å². The number of carbonyl (C=O) groups excluding carboxylic acids is 2. The second-order valence-corrected chi connectivity index (χ2v) is 7.56. The SMILES string of the molecule is O=C(C#Cc1ccccc1)Nc1cccc(Oc2ccc3nc(NC(=O)C4CC4)cn3n2)c1. The molecule has 8 heteroatoms. The summed E-state index contributed by atoms with van der Waals surface area (Å²) in [4.78, 5) is 28.4. The summed E-state index contributed by atoms with van der Waals surface area (Å²) < 4.78 is 7.39. The first-order chi connectivity index (χ1) is 16.1. The van der Waals surface area contributed by atoms with Gasteiger partial charge in [-0.05, 0) is 43.2 Å². The highest BCUT2D eigenvalue weighted by Gasteiger charge is 2.30. The lowest BCUT2D eigenvalue weighted by molar-refractivity contribution is -0.117. The number of hydrogen-bond acceptors (Lipinski definition) is 5. The van der Waals surface area contributed by atoms with Crippen LogP contribution in [-0.4, -0.2) is 26.4 Å². The highest BCUT2D eigenvalue weighted by molar-refractivity contribution is 6.04. The van der Waals surface area contributed by atoms with Gasteiger partial charge in [0.05, 0.1) is 6.20 Å². The molecule has 2 aromatic carbocycles. The smallest absolute Gasteiger partial charge is 0.300 e. The minimum atomic E-state index is -0.422. The van der Waals surface area contributed by atoms with Gasteiger partial charge >= 0.3 is 5.91 Å². The predicted octanol–water partition coefficient (Wildman–Crippen LogP) is 3.86. The van der Waals surface area contributed by atoms with E-state index >= 15 is 0 Å². The third kappa shape index (κ3) is 5.17. The molecule has 5 rings (SSSR count). The average Bonchev–Trinajstić information content (AvgIpc) is 3.59. The summed E-state index contributed by atoms with van der Waals surface area (Å²) in [6.45, 7) is 0. The second-order valence-electron chi connectivity index (χ2n) is 7.56. The molecule has 0 aliphatic heterocycles. The fourth-order valence-corrected chi connectivity index (χ4v) is 3.12. The number of aromatic nitrogens is 3. The standard InChI is InChI=1S/C25H19N5O3/c31-23(13-9-17-5-2-1-3-6-17)26-19-7-4-8-20(15-19)33-24-14-12-22-27-21(16-30(22)29-24)28-25(32)18-10-11-18/h1-8,12,14-16,18H,10-11H2,(H,26,31)(H,28,32). The van der Waals surface area contributed by atoms with Gasteiger partial charge < -0.3 is 15.4 Å². The van der Waals surface area contributed by atoms with Gasteiger partial charge in [-0.3, -0.25) is 9.59 Å². The number of imidazole rings is 1. The van der Waals surface area contributed by atoms with Crippen molar-refractivity contribution in [3.63, 3.8) is 0 Å². The van der Waals surface area contributed by atoms with Gasteiger partial charge in [0.1, 0.15) is 5.75 Å². The number of fused-ring (bicyclic) bond motifs is 1. The van der Waals surface area contributed by atoms with Crippen molar-refractivity contribution < 1.29 is 14.3 Å². The zero-order chi connectivity index (χ0) is 22.6. The van der Waals surface area contributed by atoms with E-state index in [0.29, 0.717) is 28.8 Å². The molecule has 0 saturated heterocycles. The molecule has 2 N–H and O–H groups in total. The fourth-order valence-electron chi connectivity index (χ4n) is 3.12. The van der Waals surface area contributed by atoms with Crippen LogP contribution in [0.1, 0.15) is 18.4 Å². The molecule has 33 heavy (non-hydrogen) atoms. The summed E-state index contributed by atoms with van der Waals surface area (Å²) >= 11 is 0. The van der Waals surface area contributed by atoms with Gasteiger partial charge in [-0.2, -0.15) is 0 Å². The highest BCUT2D eigenvalue weighted by atomic mass is 16.5. The van der Waals surface area contributed by atoms with Crippen LogP contribution in [0.4, 0.5) is 11.5 Å². The number of nitrogens with one attached hydrogen (secondary N) is 2. The van der Waals surface area contributed by atoms with Crippen LogP contribution in [0.2, 0.25) is 0 Å². The zero-order valence-corrected chi connectivity index (χ0v) is 17.5. The Hall–Kier alpha value is -4.64. The molecular formula is C25H19N5O3. The fraction of sp³-hybridized carbons (Fsp3) is 0.120. The highest BCUT2D eigenvalue weighted by Crippen LogP contribution is 2.30. The Morgan fingerprint density at radius 3 is 2.67 bits per heavy atom. The number of rotatable bonds is 5. The Kier molecular flexibility index (Phi) is 5.43.